The molecular weight excluding hydrogens is 232 g/mol. The summed E-state index contributed by atoms with van der Waals surface area (Å²) in [5.74, 6) is 0.867. The molecule has 0 fully saturated rings. The largest absolute Gasteiger partial charge is 0.497 e. The van der Waals surface area contributed by atoms with Gasteiger partial charge in [0.25, 0.3) is 0 Å². The first-order valence-electron chi connectivity index (χ1n) is 5.28. The minimum Gasteiger partial charge on any atom is -0.497 e. The average Bonchev–Trinajstić information content (AvgIpc) is 2.40. The molecule has 0 aliphatic heterocycles. The summed E-state index contributed by atoms with van der Waals surface area (Å²) in [6, 6.07) is 12.0. The van der Waals surface area contributed by atoms with Crippen molar-refractivity contribution in [3.05, 3.63) is 48.3 Å². The quantitative estimate of drug-likeness (QED) is 0.901. The van der Waals surface area contributed by atoms with E-state index >= 15 is 0 Å². The molecule has 17 heavy (non-hydrogen) atoms. The van der Waals surface area contributed by atoms with E-state index in [0.717, 1.165) is 16.3 Å². The van der Waals surface area contributed by atoms with Crippen LogP contribution in [0.1, 0.15) is 5.69 Å². The summed E-state index contributed by atoms with van der Waals surface area (Å²) in [6.45, 7) is 0.469. The van der Waals surface area contributed by atoms with E-state index in [0.29, 0.717) is 6.54 Å². The molecule has 0 radical (unpaired) electrons. The van der Waals surface area contributed by atoms with Crippen LogP contribution >= 0.6 is 11.8 Å². The van der Waals surface area contributed by atoms with Crippen LogP contribution in [0.3, 0.4) is 0 Å². The van der Waals surface area contributed by atoms with Gasteiger partial charge < -0.3 is 10.5 Å². The monoisotopic (exact) mass is 246 g/mol. The van der Waals surface area contributed by atoms with Crippen molar-refractivity contribution in [2.75, 3.05) is 7.11 Å². The van der Waals surface area contributed by atoms with E-state index in [-0.39, 0.29) is 0 Å². The molecule has 1 aromatic carbocycles. The Bertz CT molecular complexity index is 485. The molecule has 0 unspecified atom stereocenters. The standard InChI is InChI=1S/C13H14N2OS/c1-16-11-2-4-12(5-3-11)17-13-6-7-15-10(8-13)9-14/h2-8H,9,14H2,1H3. The Kier molecular flexibility index (Phi) is 4.01. The van der Waals surface area contributed by atoms with Gasteiger partial charge in [-0.3, -0.25) is 4.98 Å². The van der Waals surface area contributed by atoms with Crippen LogP contribution in [0.5, 0.6) is 5.75 Å². The first-order valence-corrected chi connectivity index (χ1v) is 6.10. The molecule has 0 aliphatic carbocycles. The molecule has 0 spiro atoms. The normalized spacial score (nSPS) is 10.2. The van der Waals surface area contributed by atoms with Crippen LogP contribution in [0.15, 0.2) is 52.4 Å². The number of methoxy groups -OCH3 is 1. The van der Waals surface area contributed by atoms with Crippen molar-refractivity contribution >= 4 is 11.8 Å². The molecule has 0 saturated carbocycles. The van der Waals surface area contributed by atoms with E-state index in [1.807, 2.05) is 36.4 Å². The van der Waals surface area contributed by atoms with E-state index in [2.05, 4.69) is 4.98 Å². The Morgan fingerprint density at radius 3 is 2.59 bits per heavy atom. The minimum atomic E-state index is 0.469. The number of hydrogen-bond donors (Lipinski definition) is 1. The van der Waals surface area contributed by atoms with Gasteiger partial charge in [-0.15, -0.1) is 0 Å². The second-order valence-corrected chi connectivity index (χ2v) is 4.61. The third-order valence-corrected chi connectivity index (χ3v) is 3.29. The predicted molar refractivity (Wildman–Crippen MR) is 69.2 cm³/mol. The number of rotatable bonds is 4. The average molecular weight is 246 g/mol. The van der Waals surface area contributed by atoms with Crippen LogP contribution in [0, 0.1) is 0 Å². The summed E-state index contributed by atoms with van der Waals surface area (Å²) in [7, 11) is 1.67. The highest BCUT2D eigenvalue weighted by Crippen LogP contribution is 2.28. The van der Waals surface area contributed by atoms with Crippen LogP contribution in [-0.2, 0) is 6.54 Å². The SMILES string of the molecule is COc1ccc(Sc2ccnc(CN)c2)cc1. The van der Waals surface area contributed by atoms with Crippen LogP contribution < -0.4 is 10.5 Å². The maximum absolute atomic E-state index is 5.56. The molecule has 2 rings (SSSR count). The summed E-state index contributed by atoms with van der Waals surface area (Å²) in [6.07, 6.45) is 1.79. The Balaban J connectivity index is 2.13. The summed E-state index contributed by atoms with van der Waals surface area (Å²) in [5, 5.41) is 0. The van der Waals surface area contributed by atoms with Gasteiger partial charge in [-0.25, -0.2) is 0 Å². The summed E-state index contributed by atoms with van der Waals surface area (Å²) >= 11 is 1.69. The van der Waals surface area contributed by atoms with Gasteiger partial charge in [0.2, 0.25) is 0 Å². The molecule has 1 heterocycles. The molecule has 2 N–H and O–H groups in total. The lowest BCUT2D eigenvalue weighted by Gasteiger charge is -2.04. The van der Waals surface area contributed by atoms with E-state index in [4.69, 9.17) is 10.5 Å². The molecule has 88 valence electrons. The maximum Gasteiger partial charge on any atom is 0.118 e. The summed E-state index contributed by atoms with van der Waals surface area (Å²) in [5.41, 5.74) is 6.47. The fourth-order valence-electron chi connectivity index (χ4n) is 1.41. The minimum absolute atomic E-state index is 0.469. The molecule has 0 atom stereocenters. The first-order chi connectivity index (χ1) is 8.31. The molecule has 0 bridgehead atoms. The summed E-state index contributed by atoms with van der Waals surface area (Å²) in [4.78, 5) is 6.48. The van der Waals surface area contributed by atoms with Gasteiger partial charge in [0.05, 0.1) is 12.8 Å². The third kappa shape index (κ3) is 3.22. The molecule has 0 amide bonds. The van der Waals surface area contributed by atoms with Crippen molar-refractivity contribution in [3.63, 3.8) is 0 Å². The second kappa shape index (κ2) is 5.70. The van der Waals surface area contributed by atoms with Crippen LogP contribution in [0.25, 0.3) is 0 Å². The lowest BCUT2D eigenvalue weighted by molar-refractivity contribution is 0.414. The Morgan fingerprint density at radius 2 is 1.94 bits per heavy atom. The van der Waals surface area contributed by atoms with E-state index < -0.39 is 0 Å². The number of benzene rings is 1. The van der Waals surface area contributed by atoms with Gasteiger partial charge >= 0.3 is 0 Å². The molecule has 0 aliphatic rings. The van der Waals surface area contributed by atoms with Crippen molar-refractivity contribution in [2.24, 2.45) is 5.73 Å². The van der Waals surface area contributed by atoms with Crippen LogP contribution in [0.4, 0.5) is 0 Å². The predicted octanol–water partition coefficient (Wildman–Crippen LogP) is 2.70. The van der Waals surface area contributed by atoms with Crippen molar-refractivity contribution in [2.45, 2.75) is 16.3 Å². The Hall–Kier alpha value is -1.52. The number of nitrogens with two attached hydrogens (primary N) is 1. The maximum atomic E-state index is 5.56. The lowest BCUT2D eigenvalue weighted by Crippen LogP contribution is -1.98. The number of pyridine rings is 1. The van der Waals surface area contributed by atoms with Gasteiger partial charge in [0.1, 0.15) is 5.75 Å². The Labute approximate surface area is 105 Å². The molecular formula is C13H14N2OS. The van der Waals surface area contributed by atoms with Crippen molar-refractivity contribution in [3.8, 4) is 5.75 Å². The van der Waals surface area contributed by atoms with Crippen molar-refractivity contribution < 1.29 is 4.74 Å². The molecule has 2 aromatic rings. The van der Waals surface area contributed by atoms with Gasteiger partial charge in [0, 0.05) is 22.5 Å². The zero-order chi connectivity index (χ0) is 12.1. The van der Waals surface area contributed by atoms with Crippen LogP contribution in [0.2, 0.25) is 0 Å². The highest BCUT2D eigenvalue weighted by atomic mass is 32.2. The fourth-order valence-corrected chi connectivity index (χ4v) is 2.28. The lowest BCUT2D eigenvalue weighted by atomic mass is 10.3. The van der Waals surface area contributed by atoms with E-state index in [9.17, 15) is 0 Å². The van der Waals surface area contributed by atoms with E-state index in [1.54, 1.807) is 25.1 Å². The van der Waals surface area contributed by atoms with Gasteiger partial charge in [0.15, 0.2) is 0 Å². The highest BCUT2D eigenvalue weighted by Gasteiger charge is 1.99. The zero-order valence-electron chi connectivity index (χ0n) is 9.59. The molecule has 3 nitrogen and oxygen atoms in total. The molecule has 1 aromatic heterocycles. The second-order valence-electron chi connectivity index (χ2n) is 3.46. The number of aromatic nitrogens is 1. The summed E-state index contributed by atoms with van der Waals surface area (Å²) < 4.78 is 5.12. The first kappa shape index (κ1) is 12.0. The Morgan fingerprint density at radius 1 is 1.18 bits per heavy atom. The smallest absolute Gasteiger partial charge is 0.118 e. The van der Waals surface area contributed by atoms with Crippen molar-refractivity contribution in [1.82, 2.24) is 4.98 Å². The third-order valence-electron chi connectivity index (χ3n) is 2.29. The van der Waals surface area contributed by atoms with Crippen LogP contribution in [-0.4, -0.2) is 12.1 Å². The topological polar surface area (TPSA) is 48.1 Å². The number of ether oxygens (including phenoxy) is 1. The number of nitrogens with zero attached hydrogens (tertiary/aromatic N) is 1. The molecule has 4 heteroatoms. The van der Waals surface area contributed by atoms with E-state index in [1.165, 1.54) is 4.90 Å². The van der Waals surface area contributed by atoms with Gasteiger partial charge in [-0.2, -0.15) is 0 Å². The van der Waals surface area contributed by atoms with Gasteiger partial charge in [-0.1, -0.05) is 11.8 Å². The number of hydrogen-bond acceptors (Lipinski definition) is 4. The van der Waals surface area contributed by atoms with Gasteiger partial charge in [-0.05, 0) is 36.4 Å². The molecule has 0 saturated heterocycles. The fraction of sp³-hybridized carbons (Fsp3) is 0.154. The highest BCUT2D eigenvalue weighted by molar-refractivity contribution is 7.99. The van der Waals surface area contributed by atoms with Crippen molar-refractivity contribution in [1.29, 1.82) is 0 Å². The zero-order valence-corrected chi connectivity index (χ0v) is 10.4.